The number of rotatable bonds is 5. The monoisotopic (exact) mass is 249 g/mol. The smallest absolute Gasteiger partial charge is 0.396 e. The number of nitrogens with one attached hydrogen (secondary N) is 1. The van der Waals surface area contributed by atoms with E-state index in [-0.39, 0.29) is 12.6 Å². The zero-order valence-electron chi connectivity index (χ0n) is 10.8. The van der Waals surface area contributed by atoms with Gasteiger partial charge in [-0.25, -0.2) is 4.79 Å². The van der Waals surface area contributed by atoms with Crippen LogP contribution in [-0.4, -0.2) is 24.5 Å². The first-order valence-electron chi connectivity index (χ1n) is 6.15. The summed E-state index contributed by atoms with van der Waals surface area (Å²) in [7, 11) is 0. The molecule has 1 aromatic rings. The van der Waals surface area contributed by atoms with Crippen molar-refractivity contribution < 1.29 is 14.3 Å². The Morgan fingerprint density at radius 1 is 1.28 bits per heavy atom. The van der Waals surface area contributed by atoms with Gasteiger partial charge in [0.15, 0.2) is 0 Å². The molecule has 0 aliphatic rings. The molecular weight excluding hydrogens is 230 g/mol. The minimum absolute atomic E-state index is 0.0536. The van der Waals surface area contributed by atoms with E-state index in [2.05, 4.69) is 10.1 Å². The number of carbonyl (C=O) groups excluding carboxylic acids is 2. The lowest BCUT2D eigenvalue weighted by Gasteiger charge is -2.13. The van der Waals surface area contributed by atoms with Crippen LogP contribution in [0.4, 0.5) is 0 Å². The third-order valence-corrected chi connectivity index (χ3v) is 2.55. The largest absolute Gasteiger partial charge is 0.459 e. The van der Waals surface area contributed by atoms with Gasteiger partial charge in [-0.2, -0.15) is 0 Å². The molecule has 18 heavy (non-hydrogen) atoms. The molecule has 0 aliphatic carbocycles. The molecule has 0 bridgehead atoms. The zero-order valence-corrected chi connectivity index (χ0v) is 10.8. The van der Waals surface area contributed by atoms with Crippen LogP contribution in [0.2, 0.25) is 0 Å². The van der Waals surface area contributed by atoms with Crippen molar-refractivity contribution in [3.8, 4) is 0 Å². The summed E-state index contributed by atoms with van der Waals surface area (Å²) in [6.45, 7) is 3.76. The van der Waals surface area contributed by atoms with Crippen LogP contribution >= 0.6 is 0 Å². The second-order valence-electron chi connectivity index (χ2n) is 4.12. The summed E-state index contributed by atoms with van der Waals surface area (Å²) < 4.78 is 4.62. The normalized spacial score (nSPS) is 11.7. The molecule has 0 saturated heterocycles. The van der Waals surface area contributed by atoms with Gasteiger partial charge < -0.3 is 10.1 Å². The topological polar surface area (TPSA) is 55.4 Å². The highest BCUT2D eigenvalue weighted by molar-refractivity contribution is 6.32. The Bertz CT molecular complexity index is 389. The summed E-state index contributed by atoms with van der Waals surface area (Å²) in [6.07, 6.45) is 1.65. The van der Waals surface area contributed by atoms with Crippen LogP contribution in [-0.2, 0) is 20.7 Å². The van der Waals surface area contributed by atoms with Crippen molar-refractivity contribution in [3.05, 3.63) is 35.9 Å². The highest BCUT2D eigenvalue weighted by atomic mass is 16.5. The van der Waals surface area contributed by atoms with Gasteiger partial charge in [0.05, 0.1) is 6.61 Å². The predicted octanol–water partition coefficient (Wildman–Crippen LogP) is 1.69. The number of esters is 1. The molecule has 0 unspecified atom stereocenters. The van der Waals surface area contributed by atoms with Crippen molar-refractivity contribution in [2.45, 2.75) is 32.7 Å². The molecule has 1 aromatic carbocycles. The Kier molecular flexibility index (Phi) is 5.91. The second kappa shape index (κ2) is 7.48. The molecule has 4 nitrogen and oxygen atoms in total. The van der Waals surface area contributed by atoms with Gasteiger partial charge in [-0.3, -0.25) is 4.79 Å². The molecule has 0 heterocycles. The van der Waals surface area contributed by atoms with E-state index in [4.69, 9.17) is 0 Å². The van der Waals surface area contributed by atoms with Gasteiger partial charge in [0.25, 0.3) is 0 Å². The standard InChI is InChI=1S/C14H19NO3/c1-3-18-14(17)13(16)15-11(2)9-10-12-7-5-4-6-8-12/h4-8,11H,3,9-10H2,1-2H3,(H,15,16)/t11-/m0/s1. The molecule has 0 radical (unpaired) electrons. The molecule has 0 fully saturated rings. The maximum absolute atomic E-state index is 11.4. The Labute approximate surface area is 107 Å². The Morgan fingerprint density at radius 2 is 1.94 bits per heavy atom. The average molecular weight is 249 g/mol. The molecule has 1 rings (SSSR count). The molecule has 4 heteroatoms. The number of carbonyl (C=O) groups is 2. The summed E-state index contributed by atoms with van der Waals surface area (Å²) in [5.41, 5.74) is 1.22. The lowest BCUT2D eigenvalue weighted by Crippen LogP contribution is -2.38. The van der Waals surface area contributed by atoms with Crippen LogP contribution in [0.15, 0.2) is 30.3 Å². The van der Waals surface area contributed by atoms with E-state index >= 15 is 0 Å². The molecule has 98 valence electrons. The van der Waals surface area contributed by atoms with Gasteiger partial charge in [0.2, 0.25) is 0 Å². The van der Waals surface area contributed by atoms with E-state index in [1.807, 2.05) is 37.3 Å². The lowest BCUT2D eigenvalue weighted by molar-refractivity contribution is -0.154. The van der Waals surface area contributed by atoms with Gasteiger partial charge in [0, 0.05) is 6.04 Å². The number of ether oxygens (including phenoxy) is 1. The summed E-state index contributed by atoms with van der Waals surface area (Å²) in [5.74, 6) is -1.48. The summed E-state index contributed by atoms with van der Waals surface area (Å²) >= 11 is 0. The van der Waals surface area contributed by atoms with Crippen molar-refractivity contribution >= 4 is 11.9 Å². The van der Waals surface area contributed by atoms with E-state index in [9.17, 15) is 9.59 Å². The zero-order chi connectivity index (χ0) is 13.4. The van der Waals surface area contributed by atoms with E-state index < -0.39 is 11.9 Å². The Balaban J connectivity index is 2.31. The first-order chi connectivity index (χ1) is 8.63. The Hall–Kier alpha value is -1.84. The SMILES string of the molecule is CCOC(=O)C(=O)N[C@@H](C)CCc1ccccc1. The number of benzene rings is 1. The van der Waals surface area contributed by atoms with Crippen LogP contribution < -0.4 is 5.32 Å². The van der Waals surface area contributed by atoms with Crippen molar-refractivity contribution in [2.24, 2.45) is 0 Å². The van der Waals surface area contributed by atoms with Crippen LogP contribution in [0.3, 0.4) is 0 Å². The first kappa shape index (κ1) is 14.2. The van der Waals surface area contributed by atoms with Gasteiger partial charge >= 0.3 is 11.9 Å². The van der Waals surface area contributed by atoms with Crippen LogP contribution in [0.5, 0.6) is 0 Å². The minimum atomic E-state index is -0.816. The predicted molar refractivity (Wildman–Crippen MR) is 69.0 cm³/mol. The number of hydrogen-bond acceptors (Lipinski definition) is 3. The minimum Gasteiger partial charge on any atom is -0.459 e. The fourth-order valence-corrected chi connectivity index (χ4v) is 1.58. The maximum atomic E-state index is 11.4. The van der Waals surface area contributed by atoms with Crippen molar-refractivity contribution in [1.29, 1.82) is 0 Å². The first-order valence-corrected chi connectivity index (χ1v) is 6.15. The highest BCUT2D eigenvalue weighted by Gasteiger charge is 2.16. The fourth-order valence-electron chi connectivity index (χ4n) is 1.58. The second-order valence-corrected chi connectivity index (χ2v) is 4.12. The number of aryl methyl sites for hydroxylation is 1. The third-order valence-electron chi connectivity index (χ3n) is 2.55. The maximum Gasteiger partial charge on any atom is 0.396 e. The quantitative estimate of drug-likeness (QED) is 0.638. The molecule has 1 amide bonds. The van der Waals surface area contributed by atoms with Crippen LogP contribution in [0, 0.1) is 0 Å². The number of hydrogen-bond donors (Lipinski definition) is 1. The summed E-state index contributed by atoms with van der Waals surface area (Å²) in [4.78, 5) is 22.5. The molecular formula is C14H19NO3. The molecule has 0 aromatic heterocycles. The molecule has 0 saturated carbocycles. The van der Waals surface area contributed by atoms with E-state index in [0.29, 0.717) is 0 Å². The molecule has 0 aliphatic heterocycles. The summed E-state index contributed by atoms with van der Waals surface area (Å²) in [6, 6.07) is 9.96. The van der Waals surface area contributed by atoms with Gasteiger partial charge in [-0.05, 0) is 32.3 Å². The van der Waals surface area contributed by atoms with Crippen molar-refractivity contribution in [3.63, 3.8) is 0 Å². The fraction of sp³-hybridized carbons (Fsp3) is 0.429. The Morgan fingerprint density at radius 3 is 2.56 bits per heavy atom. The third kappa shape index (κ3) is 4.99. The highest BCUT2D eigenvalue weighted by Crippen LogP contribution is 2.04. The van der Waals surface area contributed by atoms with Crippen LogP contribution in [0.25, 0.3) is 0 Å². The molecule has 1 N–H and O–H groups in total. The summed E-state index contributed by atoms with van der Waals surface area (Å²) in [5, 5.41) is 2.62. The van der Waals surface area contributed by atoms with Gasteiger partial charge in [-0.1, -0.05) is 30.3 Å². The van der Waals surface area contributed by atoms with Gasteiger partial charge in [-0.15, -0.1) is 0 Å². The number of amides is 1. The molecule has 1 atom stereocenters. The van der Waals surface area contributed by atoms with E-state index in [1.54, 1.807) is 6.92 Å². The van der Waals surface area contributed by atoms with E-state index in [0.717, 1.165) is 12.8 Å². The van der Waals surface area contributed by atoms with Crippen molar-refractivity contribution in [1.82, 2.24) is 5.32 Å². The average Bonchev–Trinajstić information content (AvgIpc) is 2.38. The van der Waals surface area contributed by atoms with Gasteiger partial charge in [0.1, 0.15) is 0 Å². The molecule has 0 spiro atoms. The lowest BCUT2D eigenvalue weighted by atomic mass is 10.1. The van der Waals surface area contributed by atoms with Crippen LogP contribution in [0.1, 0.15) is 25.8 Å². The van der Waals surface area contributed by atoms with Crippen molar-refractivity contribution in [2.75, 3.05) is 6.61 Å². The van der Waals surface area contributed by atoms with E-state index in [1.165, 1.54) is 5.56 Å².